The van der Waals surface area contributed by atoms with Crippen LogP contribution in [-0.4, -0.2) is 77.0 Å². The van der Waals surface area contributed by atoms with E-state index in [1.54, 1.807) is 0 Å². The van der Waals surface area contributed by atoms with Crippen molar-refractivity contribution in [2.45, 2.75) is 31.3 Å². The Kier molecular flexibility index (Phi) is 6.11. The molecule has 0 spiro atoms. The largest absolute Gasteiger partial charge is 0.480 e. The van der Waals surface area contributed by atoms with Gasteiger partial charge in [0.25, 0.3) is 0 Å². The molecule has 1 aromatic carbocycles. The fourth-order valence-electron chi connectivity index (χ4n) is 4.16. The van der Waals surface area contributed by atoms with Crippen molar-refractivity contribution < 1.29 is 24.5 Å². The summed E-state index contributed by atoms with van der Waals surface area (Å²) in [7, 11) is 0. The summed E-state index contributed by atoms with van der Waals surface area (Å²) in [6, 6.07) is 9.42. The van der Waals surface area contributed by atoms with Crippen molar-refractivity contribution in [2.24, 2.45) is 5.92 Å². The molecule has 2 aliphatic rings. The summed E-state index contributed by atoms with van der Waals surface area (Å²) in [6.45, 7) is 3.29. The maximum absolute atomic E-state index is 11.6. The van der Waals surface area contributed by atoms with Crippen LogP contribution < -0.4 is 0 Å². The van der Waals surface area contributed by atoms with E-state index in [1.807, 2.05) is 18.2 Å². The average molecular weight is 362 g/mol. The van der Waals surface area contributed by atoms with Gasteiger partial charge in [-0.3, -0.25) is 9.80 Å². The van der Waals surface area contributed by atoms with Gasteiger partial charge in [0.1, 0.15) is 6.04 Å². The number of morpholine rings is 1. The van der Waals surface area contributed by atoms with Crippen LogP contribution >= 0.6 is 0 Å². The molecule has 2 fully saturated rings. The van der Waals surface area contributed by atoms with Crippen molar-refractivity contribution in [1.29, 1.82) is 0 Å². The van der Waals surface area contributed by atoms with Crippen molar-refractivity contribution in [3.05, 3.63) is 35.9 Å². The van der Waals surface area contributed by atoms with Crippen LogP contribution in [0.3, 0.4) is 0 Å². The van der Waals surface area contributed by atoms with Crippen LogP contribution in [0.4, 0.5) is 4.79 Å². The lowest BCUT2D eigenvalue weighted by molar-refractivity contribution is -0.145. The van der Waals surface area contributed by atoms with Gasteiger partial charge in [-0.15, -0.1) is 0 Å². The molecule has 0 radical (unpaired) electrons. The van der Waals surface area contributed by atoms with E-state index in [0.717, 1.165) is 24.4 Å². The van der Waals surface area contributed by atoms with Crippen molar-refractivity contribution in [3.8, 4) is 0 Å². The van der Waals surface area contributed by atoms with Gasteiger partial charge in [0, 0.05) is 25.7 Å². The Morgan fingerprint density at radius 1 is 1.12 bits per heavy atom. The number of rotatable bonds is 5. The minimum Gasteiger partial charge on any atom is -0.480 e. The van der Waals surface area contributed by atoms with Gasteiger partial charge in [0.2, 0.25) is 0 Å². The van der Waals surface area contributed by atoms with Gasteiger partial charge in [-0.1, -0.05) is 30.3 Å². The molecule has 0 aliphatic carbocycles. The fourth-order valence-corrected chi connectivity index (χ4v) is 4.16. The zero-order valence-electron chi connectivity index (χ0n) is 14.8. The SMILES string of the molecule is O=C(O)C1CC(C(Cc2ccccc2)N2CCOCC2)CCN1C(=O)O. The van der Waals surface area contributed by atoms with Crippen molar-refractivity contribution in [3.63, 3.8) is 0 Å². The average Bonchev–Trinajstić information content (AvgIpc) is 2.67. The Hall–Kier alpha value is -2.12. The molecule has 7 nitrogen and oxygen atoms in total. The van der Waals surface area contributed by atoms with Gasteiger partial charge >= 0.3 is 12.1 Å². The van der Waals surface area contributed by atoms with Gasteiger partial charge in [-0.25, -0.2) is 9.59 Å². The highest BCUT2D eigenvalue weighted by Crippen LogP contribution is 2.31. The summed E-state index contributed by atoms with van der Waals surface area (Å²) in [5.41, 5.74) is 1.22. The number of hydrogen-bond acceptors (Lipinski definition) is 4. The van der Waals surface area contributed by atoms with Gasteiger partial charge in [0.05, 0.1) is 13.2 Å². The monoisotopic (exact) mass is 362 g/mol. The standard InChI is InChI=1S/C19H26N2O5/c22-18(23)17-13-15(6-7-21(17)19(24)25)16(20-8-10-26-11-9-20)12-14-4-2-1-3-5-14/h1-5,15-17H,6-13H2,(H,22,23)(H,24,25). The quantitative estimate of drug-likeness (QED) is 0.830. The van der Waals surface area contributed by atoms with Crippen LogP contribution in [-0.2, 0) is 16.0 Å². The van der Waals surface area contributed by atoms with Crippen LogP contribution in [0.5, 0.6) is 0 Å². The Morgan fingerprint density at radius 2 is 1.81 bits per heavy atom. The number of piperidine rings is 1. The van der Waals surface area contributed by atoms with E-state index in [4.69, 9.17) is 4.74 Å². The number of likely N-dealkylation sites (tertiary alicyclic amines) is 1. The first-order valence-electron chi connectivity index (χ1n) is 9.14. The summed E-state index contributed by atoms with van der Waals surface area (Å²) in [4.78, 5) is 26.5. The summed E-state index contributed by atoms with van der Waals surface area (Å²) in [6.07, 6.45) is 0.730. The first kappa shape index (κ1) is 18.7. The lowest BCUT2D eigenvalue weighted by atomic mass is 9.81. The van der Waals surface area contributed by atoms with E-state index in [-0.39, 0.29) is 18.5 Å². The Morgan fingerprint density at radius 3 is 2.42 bits per heavy atom. The van der Waals surface area contributed by atoms with E-state index >= 15 is 0 Å². The van der Waals surface area contributed by atoms with Crippen molar-refractivity contribution in [1.82, 2.24) is 9.80 Å². The summed E-state index contributed by atoms with van der Waals surface area (Å²) in [5.74, 6) is -0.914. The van der Waals surface area contributed by atoms with Crippen LogP contribution in [0.15, 0.2) is 30.3 Å². The molecular formula is C19H26N2O5. The highest BCUT2D eigenvalue weighted by molar-refractivity contribution is 5.79. The zero-order chi connectivity index (χ0) is 18.5. The number of carbonyl (C=O) groups is 2. The molecule has 7 heteroatoms. The molecule has 142 valence electrons. The minimum atomic E-state index is -1.15. The second-order valence-electron chi connectivity index (χ2n) is 7.02. The molecule has 0 saturated carbocycles. The number of aliphatic carboxylic acids is 1. The molecule has 3 rings (SSSR count). The van der Waals surface area contributed by atoms with Gasteiger partial charge in [0.15, 0.2) is 0 Å². The maximum Gasteiger partial charge on any atom is 0.408 e. The highest BCUT2D eigenvalue weighted by Gasteiger charge is 2.40. The van der Waals surface area contributed by atoms with Crippen LogP contribution in [0, 0.1) is 5.92 Å². The first-order valence-corrected chi connectivity index (χ1v) is 9.14. The van der Waals surface area contributed by atoms with Crippen molar-refractivity contribution in [2.75, 3.05) is 32.8 Å². The minimum absolute atomic E-state index is 0.144. The number of nitrogens with zero attached hydrogens (tertiary/aromatic N) is 2. The molecule has 2 heterocycles. The maximum atomic E-state index is 11.6. The lowest BCUT2D eigenvalue weighted by Gasteiger charge is -2.44. The lowest BCUT2D eigenvalue weighted by Crippen LogP contribution is -2.55. The number of carboxylic acids is 1. The zero-order valence-corrected chi connectivity index (χ0v) is 14.8. The number of carboxylic acid groups (broad SMARTS) is 2. The summed E-state index contributed by atoms with van der Waals surface area (Å²) < 4.78 is 5.47. The van der Waals surface area contributed by atoms with Gasteiger partial charge in [-0.2, -0.15) is 0 Å². The third kappa shape index (κ3) is 4.34. The molecule has 2 N–H and O–H groups in total. The van der Waals surface area contributed by atoms with E-state index < -0.39 is 18.1 Å². The Labute approximate surface area is 153 Å². The predicted octanol–water partition coefficient (Wildman–Crippen LogP) is 1.77. The van der Waals surface area contributed by atoms with Gasteiger partial charge in [-0.05, 0) is 30.7 Å². The first-order chi connectivity index (χ1) is 12.6. The predicted molar refractivity (Wildman–Crippen MR) is 95.2 cm³/mol. The Balaban J connectivity index is 1.79. The summed E-state index contributed by atoms with van der Waals surface area (Å²) >= 11 is 0. The van der Waals surface area contributed by atoms with E-state index in [0.29, 0.717) is 26.1 Å². The molecule has 2 aliphatic heterocycles. The van der Waals surface area contributed by atoms with Crippen LogP contribution in [0.1, 0.15) is 18.4 Å². The van der Waals surface area contributed by atoms with Crippen LogP contribution in [0.2, 0.25) is 0 Å². The molecule has 0 aromatic heterocycles. The number of ether oxygens (including phenoxy) is 1. The van der Waals surface area contributed by atoms with E-state index in [1.165, 1.54) is 5.56 Å². The normalized spacial score (nSPS) is 25.6. The van der Waals surface area contributed by atoms with E-state index in [9.17, 15) is 19.8 Å². The fraction of sp³-hybridized carbons (Fsp3) is 0.579. The second-order valence-corrected chi connectivity index (χ2v) is 7.02. The molecular weight excluding hydrogens is 336 g/mol. The highest BCUT2D eigenvalue weighted by atomic mass is 16.5. The third-order valence-electron chi connectivity index (χ3n) is 5.52. The van der Waals surface area contributed by atoms with Crippen molar-refractivity contribution >= 4 is 12.1 Å². The molecule has 3 atom stereocenters. The molecule has 1 amide bonds. The summed E-state index contributed by atoms with van der Waals surface area (Å²) in [5, 5.41) is 18.8. The molecule has 26 heavy (non-hydrogen) atoms. The second kappa shape index (κ2) is 8.51. The molecule has 1 aromatic rings. The van der Waals surface area contributed by atoms with Crippen LogP contribution in [0.25, 0.3) is 0 Å². The van der Waals surface area contributed by atoms with E-state index in [2.05, 4.69) is 17.0 Å². The number of hydrogen-bond donors (Lipinski definition) is 2. The molecule has 2 saturated heterocycles. The Bertz CT molecular complexity index is 618. The van der Waals surface area contributed by atoms with Gasteiger partial charge < -0.3 is 14.9 Å². The number of benzene rings is 1. The molecule has 3 unspecified atom stereocenters. The number of amides is 1. The smallest absolute Gasteiger partial charge is 0.408 e. The molecule has 0 bridgehead atoms. The topological polar surface area (TPSA) is 90.3 Å². The third-order valence-corrected chi connectivity index (χ3v) is 5.52.